The molecule has 0 saturated carbocycles. The standard InChI is InChI=1S/C76H142NO8P/c1-6-8-10-12-14-16-18-20-22-24-26-28-30-32-33-34-35-36-37-38-39-40-41-42-43-45-47-49-51-53-55-57-59-61-63-65-67-69-76(79)85-74(73-84-86(80,81)83-71-70-77(3,4)5)72-82-75(78)68-66-64-62-60-58-56-54-52-50-48-46-44-31-29-27-25-23-21-19-17-15-13-11-9-7-2/h8,10,14,16,20,22,26,28,32-33,74H,6-7,9,11-13,15,17-19,21,23-25,27,29-31,34-73H2,1-5H3/b10-8-,16-14-,22-20-,28-26-,33-32-. The third-order valence-corrected chi connectivity index (χ3v) is 17.5. The van der Waals surface area contributed by atoms with Gasteiger partial charge >= 0.3 is 11.9 Å². The van der Waals surface area contributed by atoms with Gasteiger partial charge in [0, 0.05) is 12.8 Å². The minimum Gasteiger partial charge on any atom is -0.756 e. The van der Waals surface area contributed by atoms with E-state index in [1.807, 2.05) is 21.1 Å². The lowest BCUT2D eigenvalue weighted by Crippen LogP contribution is -2.37. The number of phosphoric acid groups is 1. The van der Waals surface area contributed by atoms with Crippen molar-refractivity contribution in [2.45, 2.75) is 367 Å². The molecule has 0 spiro atoms. The number of hydrogen-bond acceptors (Lipinski definition) is 8. The maximum Gasteiger partial charge on any atom is 0.306 e. The second kappa shape index (κ2) is 67.1. The number of unbranched alkanes of at least 4 members (excludes halogenated alkanes) is 45. The second-order valence-corrected chi connectivity index (χ2v) is 27.7. The Morgan fingerprint density at radius 1 is 0.372 bits per heavy atom. The van der Waals surface area contributed by atoms with E-state index in [0.717, 1.165) is 64.2 Å². The first-order chi connectivity index (χ1) is 42.0. The fourth-order valence-corrected chi connectivity index (χ4v) is 11.7. The first-order valence-electron chi connectivity index (χ1n) is 37.0. The number of esters is 2. The minimum atomic E-state index is -4.64. The van der Waals surface area contributed by atoms with Crippen LogP contribution in [0.4, 0.5) is 0 Å². The molecule has 86 heavy (non-hydrogen) atoms. The average molecular weight is 1230 g/mol. The van der Waals surface area contributed by atoms with Gasteiger partial charge < -0.3 is 27.9 Å². The number of carbonyl (C=O) groups is 2. The monoisotopic (exact) mass is 1230 g/mol. The minimum absolute atomic E-state index is 0.0282. The smallest absolute Gasteiger partial charge is 0.306 e. The van der Waals surface area contributed by atoms with Gasteiger partial charge in [0.05, 0.1) is 27.7 Å². The highest BCUT2D eigenvalue weighted by molar-refractivity contribution is 7.45. The van der Waals surface area contributed by atoms with E-state index in [4.69, 9.17) is 18.5 Å². The van der Waals surface area contributed by atoms with Gasteiger partial charge in [-0.25, -0.2) is 0 Å². The summed E-state index contributed by atoms with van der Waals surface area (Å²) >= 11 is 0. The highest BCUT2D eigenvalue weighted by Crippen LogP contribution is 2.38. The van der Waals surface area contributed by atoms with Crippen molar-refractivity contribution in [2.75, 3.05) is 47.5 Å². The molecule has 10 heteroatoms. The van der Waals surface area contributed by atoms with Crippen molar-refractivity contribution in [3.05, 3.63) is 60.8 Å². The molecule has 2 atom stereocenters. The summed E-state index contributed by atoms with van der Waals surface area (Å²) in [5.41, 5.74) is 0. The van der Waals surface area contributed by atoms with E-state index < -0.39 is 26.5 Å². The number of hydrogen-bond donors (Lipinski definition) is 0. The lowest BCUT2D eigenvalue weighted by Gasteiger charge is -2.28. The molecular formula is C76H142NO8P. The van der Waals surface area contributed by atoms with E-state index in [9.17, 15) is 19.0 Å². The van der Waals surface area contributed by atoms with Crippen LogP contribution >= 0.6 is 7.82 Å². The van der Waals surface area contributed by atoms with E-state index in [1.165, 1.54) is 263 Å². The lowest BCUT2D eigenvalue weighted by molar-refractivity contribution is -0.870. The third-order valence-electron chi connectivity index (χ3n) is 16.6. The van der Waals surface area contributed by atoms with Crippen LogP contribution in [0.25, 0.3) is 0 Å². The van der Waals surface area contributed by atoms with Crippen LogP contribution in [-0.2, 0) is 32.7 Å². The number of carbonyl (C=O) groups excluding carboxylic acids is 2. The maximum atomic E-state index is 12.9. The van der Waals surface area contributed by atoms with Crippen LogP contribution in [0.3, 0.4) is 0 Å². The molecule has 0 saturated heterocycles. The average Bonchev–Trinajstić information content (AvgIpc) is 3.67. The van der Waals surface area contributed by atoms with E-state index in [0.29, 0.717) is 17.4 Å². The van der Waals surface area contributed by atoms with Gasteiger partial charge in [-0.15, -0.1) is 0 Å². The summed E-state index contributed by atoms with van der Waals surface area (Å²) in [5, 5.41) is 0. The lowest BCUT2D eigenvalue weighted by atomic mass is 10.0. The van der Waals surface area contributed by atoms with E-state index in [2.05, 4.69) is 74.6 Å². The molecule has 2 unspecified atom stereocenters. The molecule has 0 aliphatic carbocycles. The first-order valence-corrected chi connectivity index (χ1v) is 38.5. The number of nitrogens with zero attached hydrogens (tertiary/aromatic N) is 1. The van der Waals surface area contributed by atoms with Gasteiger partial charge in [0.25, 0.3) is 7.82 Å². The highest BCUT2D eigenvalue weighted by Gasteiger charge is 2.22. The summed E-state index contributed by atoms with van der Waals surface area (Å²) in [7, 11) is 1.19. The summed E-state index contributed by atoms with van der Waals surface area (Å²) < 4.78 is 34.4. The van der Waals surface area contributed by atoms with Crippen molar-refractivity contribution in [2.24, 2.45) is 0 Å². The first kappa shape index (κ1) is 83.7. The molecule has 0 radical (unpaired) electrons. The molecule has 0 aromatic carbocycles. The molecule has 0 aliphatic heterocycles. The number of ether oxygens (including phenoxy) is 2. The fraction of sp³-hybridized carbons (Fsp3) is 0.842. The van der Waals surface area contributed by atoms with Crippen LogP contribution in [0, 0.1) is 0 Å². The molecule has 0 aromatic heterocycles. The summed E-state index contributed by atoms with van der Waals surface area (Å²) in [5.74, 6) is -0.811. The summed E-state index contributed by atoms with van der Waals surface area (Å²) in [6.07, 6.45) is 88.9. The molecular weight excluding hydrogens is 1090 g/mol. The van der Waals surface area contributed by atoms with Crippen molar-refractivity contribution < 1.29 is 42.1 Å². The number of phosphoric ester groups is 1. The molecule has 504 valence electrons. The van der Waals surface area contributed by atoms with Gasteiger partial charge in [0.15, 0.2) is 6.10 Å². The van der Waals surface area contributed by atoms with Gasteiger partial charge in [-0.3, -0.25) is 14.2 Å². The molecule has 0 aliphatic rings. The molecule has 0 N–H and O–H groups in total. The summed E-state index contributed by atoms with van der Waals surface area (Å²) in [6.45, 7) is 4.20. The SMILES string of the molecule is CC/C=C\C/C=C\C/C=C\C/C=C\C/C=C\CCCCCCCCCCCCCCCCCCCCCCCC(=O)OC(COC(=O)CCCCCCCCCCCCCCCCCCCCCCCCCCC)COP(=O)([O-])OCC[N+](C)(C)C. The number of quaternary nitrogens is 1. The Balaban J connectivity index is 3.95. The van der Waals surface area contributed by atoms with Gasteiger partial charge in [-0.2, -0.15) is 0 Å². The second-order valence-electron chi connectivity index (χ2n) is 26.3. The molecule has 0 heterocycles. The van der Waals surface area contributed by atoms with Crippen molar-refractivity contribution >= 4 is 19.8 Å². The highest BCUT2D eigenvalue weighted by atomic mass is 31.2. The van der Waals surface area contributed by atoms with Crippen LogP contribution in [0.2, 0.25) is 0 Å². The summed E-state index contributed by atoms with van der Waals surface area (Å²) in [4.78, 5) is 38.1. The van der Waals surface area contributed by atoms with Crippen LogP contribution in [0.15, 0.2) is 60.8 Å². The van der Waals surface area contributed by atoms with E-state index in [-0.39, 0.29) is 32.0 Å². The third kappa shape index (κ3) is 70.8. The molecule has 0 amide bonds. The van der Waals surface area contributed by atoms with E-state index in [1.54, 1.807) is 0 Å². The molecule has 0 fully saturated rings. The Kier molecular flexibility index (Phi) is 65.3. The quantitative estimate of drug-likeness (QED) is 0.0195. The number of likely N-dealkylation sites (N-methyl/N-ethyl adjacent to an activating group) is 1. The molecule has 0 rings (SSSR count). The van der Waals surface area contributed by atoms with Crippen molar-refractivity contribution in [1.29, 1.82) is 0 Å². The predicted molar refractivity (Wildman–Crippen MR) is 370 cm³/mol. The van der Waals surface area contributed by atoms with Crippen LogP contribution in [0.5, 0.6) is 0 Å². The zero-order chi connectivity index (χ0) is 62.6. The van der Waals surface area contributed by atoms with Gasteiger partial charge in [0.2, 0.25) is 0 Å². The van der Waals surface area contributed by atoms with Crippen molar-refractivity contribution in [3.63, 3.8) is 0 Å². The molecule has 0 bridgehead atoms. The van der Waals surface area contributed by atoms with E-state index >= 15 is 0 Å². The van der Waals surface area contributed by atoms with Crippen molar-refractivity contribution in [1.82, 2.24) is 0 Å². The Morgan fingerprint density at radius 2 is 0.663 bits per heavy atom. The van der Waals surface area contributed by atoms with Crippen molar-refractivity contribution in [3.8, 4) is 0 Å². The van der Waals surface area contributed by atoms with Crippen LogP contribution < -0.4 is 4.89 Å². The maximum absolute atomic E-state index is 12.9. The zero-order valence-corrected chi connectivity index (χ0v) is 58.4. The van der Waals surface area contributed by atoms with Gasteiger partial charge in [0.1, 0.15) is 19.8 Å². The Morgan fingerprint density at radius 3 is 0.988 bits per heavy atom. The largest absolute Gasteiger partial charge is 0.756 e. The van der Waals surface area contributed by atoms with Gasteiger partial charge in [-0.05, 0) is 57.8 Å². The van der Waals surface area contributed by atoms with Crippen LogP contribution in [-0.4, -0.2) is 70.0 Å². The summed E-state index contributed by atoms with van der Waals surface area (Å²) in [6, 6.07) is 0. The molecule has 9 nitrogen and oxygen atoms in total. The topological polar surface area (TPSA) is 111 Å². The van der Waals surface area contributed by atoms with Crippen LogP contribution in [0.1, 0.15) is 361 Å². The molecule has 0 aromatic rings. The van der Waals surface area contributed by atoms with Gasteiger partial charge in [-0.1, -0.05) is 351 Å². The Bertz CT molecular complexity index is 1630. The normalized spacial score (nSPS) is 13.4. The Labute approximate surface area is 534 Å². The Hall–Kier alpha value is -2.29. The fourth-order valence-electron chi connectivity index (χ4n) is 10.9. The number of allylic oxidation sites excluding steroid dienone is 10. The zero-order valence-electron chi connectivity index (χ0n) is 57.5. The number of rotatable bonds is 69. The predicted octanol–water partition coefficient (Wildman–Crippen LogP) is 23.5.